The number of hydrogen-bond donors (Lipinski definition) is 3. The molecule has 10 nitrogen and oxygen atoms in total. The van der Waals surface area contributed by atoms with Gasteiger partial charge in [-0.1, -0.05) is 76.6 Å². The van der Waals surface area contributed by atoms with Gasteiger partial charge in [0, 0.05) is 53.7 Å². The van der Waals surface area contributed by atoms with Crippen LogP contribution in [0.5, 0.6) is 23.0 Å². The molecular formula is C38H40BrN3O7. The number of benzene rings is 4. The fourth-order valence-corrected chi connectivity index (χ4v) is 5.98. The second-order valence-electron chi connectivity index (χ2n) is 11.1. The second kappa shape index (κ2) is 17.0. The topological polar surface area (TPSA) is 120 Å². The molecule has 4 aromatic rings. The summed E-state index contributed by atoms with van der Waals surface area (Å²) in [6.45, 7) is 0.640. The molecule has 11 heteroatoms. The molecule has 1 heterocycles. The quantitative estimate of drug-likeness (QED) is 0.0894. The number of hydrogen-bond acceptors (Lipinski definition) is 9. The summed E-state index contributed by atoms with van der Waals surface area (Å²) >= 11 is 3.69. The molecule has 0 unspecified atom stereocenters. The minimum Gasteiger partial charge on any atom is -0.496 e. The van der Waals surface area contributed by atoms with E-state index in [4.69, 9.17) is 33.8 Å². The highest BCUT2D eigenvalue weighted by atomic mass is 79.9. The molecule has 0 saturated carbocycles. The number of ether oxygens (including phenoxy) is 5. The van der Waals surface area contributed by atoms with Gasteiger partial charge >= 0.3 is 0 Å². The van der Waals surface area contributed by atoms with Crippen LogP contribution >= 0.6 is 15.9 Å². The monoisotopic (exact) mass is 729 g/mol. The Morgan fingerprint density at radius 1 is 0.939 bits per heavy atom. The number of rotatable bonds is 16. The smallest absolute Gasteiger partial charge is 0.266 e. The van der Waals surface area contributed by atoms with E-state index in [2.05, 4.69) is 26.8 Å². The molecule has 5 rings (SSSR count). The molecule has 3 N–H and O–H groups in total. The zero-order valence-corrected chi connectivity index (χ0v) is 29.2. The molecule has 1 aliphatic rings. The summed E-state index contributed by atoms with van der Waals surface area (Å²) in [4.78, 5) is 19.6. The lowest BCUT2D eigenvalue weighted by molar-refractivity contribution is -0.130. The van der Waals surface area contributed by atoms with Crippen molar-refractivity contribution in [2.24, 2.45) is 4.99 Å². The molecule has 2 atom stereocenters. The Labute approximate surface area is 294 Å². The molecule has 1 amide bonds. The first-order valence-corrected chi connectivity index (χ1v) is 16.6. The van der Waals surface area contributed by atoms with Crippen molar-refractivity contribution in [2.75, 3.05) is 34.5 Å². The zero-order chi connectivity index (χ0) is 34.6. The lowest BCUT2D eigenvalue weighted by Gasteiger charge is -2.30. The summed E-state index contributed by atoms with van der Waals surface area (Å²) < 4.78 is 29.7. The number of amides is 1. The van der Waals surface area contributed by atoms with Gasteiger partial charge < -0.3 is 28.8 Å². The van der Waals surface area contributed by atoms with Crippen molar-refractivity contribution in [3.05, 3.63) is 124 Å². The number of carbonyl (C=O) groups excluding carboxylic acids is 1. The van der Waals surface area contributed by atoms with Crippen molar-refractivity contribution in [1.82, 2.24) is 10.9 Å². The first-order valence-electron chi connectivity index (χ1n) is 15.8. The first-order chi connectivity index (χ1) is 23.9. The number of aliphatic imine (C=N–C) groups is 1. The minimum atomic E-state index is -1.41. The lowest BCUT2D eigenvalue weighted by Crippen LogP contribution is -2.52. The summed E-state index contributed by atoms with van der Waals surface area (Å²) in [7, 11) is 4.69. The van der Waals surface area contributed by atoms with Gasteiger partial charge in [-0.25, -0.2) is 10.4 Å². The van der Waals surface area contributed by atoms with Gasteiger partial charge in [0.05, 0.1) is 33.5 Å². The van der Waals surface area contributed by atoms with Crippen LogP contribution in [0.3, 0.4) is 0 Å². The average molecular weight is 731 g/mol. The molecule has 4 aromatic carbocycles. The van der Waals surface area contributed by atoms with Crippen molar-refractivity contribution in [3.8, 4) is 23.0 Å². The molecule has 0 radical (unpaired) electrons. The number of aliphatic hydroxyl groups is 1. The minimum absolute atomic E-state index is 0.0536. The van der Waals surface area contributed by atoms with E-state index < -0.39 is 17.6 Å². The number of aliphatic hydroxyl groups excluding tert-OH is 1. The highest BCUT2D eigenvalue weighted by molar-refractivity contribution is 9.10. The highest BCUT2D eigenvalue weighted by Crippen LogP contribution is 2.45. The fraction of sp³-hybridized carbons (Fsp3) is 0.263. The van der Waals surface area contributed by atoms with E-state index in [0.29, 0.717) is 53.1 Å². The Balaban J connectivity index is 1.51. The summed E-state index contributed by atoms with van der Waals surface area (Å²) in [5, 5.41) is 9.10. The van der Waals surface area contributed by atoms with Crippen LogP contribution in [0.2, 0.25) is 0 Å². The van der Waals surface area contributed by atoms with Crippen molar-refractivity contribution >= 4 is 33.8 Å². The molecule has 0 saturated heterocycles. The van der Waals surface area contributed by atoms with Crippen molar-refractivity contribution in [3.63, 3.8) is 0 Å². The molecule has 0 spiro atoms. The molecule has 256 valence electrons. The average Bonchev–Trinajstić information content (AvgIpc) is 3.52. The summed E-state index contributed by atoms with van der Waals surface area (Å²) in [5.74, 6) is 2.25. The highest BCUT2D eigenvalue weighted by Gasteiger charge is 2.53. The van der Waals surface area contributed by atoms with Crippen LogP contribution in [0.25, 0.3) is 6.08 Å². The van der Waals surface area contributed by atoms with Crippen LogP contribution in [0.15, 0.2) is 107 Å². The zero-order valence-electron chi connectivity index (χ0n) is 27.6. The van der Waals surface area contributed by atoms with Gasteiger partial charge in [0.2, 0.25) is 5.90 Å². The van der Waals surface area contributed by atoms with E-state index >= 15 is 0 Å². The number of nitrogens with zero attached hydrogens (tertiary/aromatic N) is 1. The van der Waals surface area contributed by atoms with Crippen LogP contribution < -0.4 is 29.8 Å². The van der Waals surface area contributed by atoms with E-state index in [0.717, 1.165) is 15.6 Å². The third-order valence-corrected chi connectivity index (χ3v) is 8.76. The van der Waals surface area contributed by atoms with Crippen LogP contribution in [0.4, 0.5) is 0 Å². The van der Waals surface area contributed by atoms with Gasteiger partial charge in [0.1, 0.15) is 23.0 Å². The van der Waals surface area contributed by atoms with Gasteiger partial charge in [0.15, 0.2) is 11.6 Å². The molecule has 0 bridgehead atoms. The maximum atomic E-state index is 14.5. The number of carbonyl (C=O) groups is 1. The predicted octanol–water partition coefficient (Wildman–Crippen LogP) is 6.42. The van der Waals surface area contributed by atoms with E-state index in [1.165, 1.54) is 0 Å². The van der Waals surface area contributed by atoms with Crippen LogP contribution in [-0.4, -0.2) is 57.0 Å². The van der Waals surface area contributed by atoms with E-state index in [9.17, 15) is 4.79 Å². The third-order valence-electron chi connectivity index (χ3n) is 8.04. The van der Waals surface area contributed by atoms with Crippen LogP contribution in [0.1, 0.15) is 41.2 Å². The van der Waals surface area contributed by atoms with Gasteiger partial charge in [-0.15, -0.1) is 0 Å². The Morgan fingerprint density at radius 2 is 1.63 bits per heavy atom. The number of nitrogens with one attached hydrogen (secondary N) is 2. The Bertz CT molecular complexity index is 1740. The van der Waals surface area contributed by atoms with E-state index in [1.807, 2.05) is 91.0 Å². The number of hydrazine groups is 1. The van der Waals surface area contributed by atoms with Crippen LogP contribution in [-0.2, 0) is 16.1 Å². The van der Waals surface area contributed by atoms with Gasteiger partial charge in [-0.05, 0) is 35.9 Å². The van der Waals surface area contributed by atoms with Gasteiger partial charge in [0.25, 0.3) is 5.91 Å². The normalized spacial score (nSPS) is 16.9. The van der Waals surface area contributed by atoms with E-state index in [1.54, 1.807) is 33.5 Å². The Kier molecular flexibility index (Phi) is 12.3. The molecule has 49 heavy (non-hydrogen) atoms. The van der Waals surface area contributed by atoms with Crippen molar-refractivity contribution in [1.29, 1.82) is 0 Å². The third kappa shape index (κ3) is 8.43. The molecule has 0 aromatic heterocycles. The fourth-order valence-electron chi connectivity index (χ4n) is 5.49. The molecule has 0 aliphatic carbocycles. The number of halogens is 1. The molecular weight excluding hydrogens is 690 g/mol. The Morgan fingerprint density at radius 3 is 2.29 bits per heavy atom. The maximum absolute atomic E-state index is 14.5. The summed E-state index contributed by atoms with van der Waals surface area (Å²) in [6, 6.07) is 28.4. The van der Waals surface area contributed by atoms with E-state index in [-0.39, 0.29) is 19.6 Å². The van der Waals surface area contributed by atoms with Crippen molar-refractivity contribution in [2.45, 2.75) is 31.0 Å². The standard InChI is InChI=1S/C38H40BrN3O7/c1-45-29-23-33(46-2)31(34(24-29)47-3)25-40-42-37(44)38(20-9-13-26-11-5-4-6-12-26)35(30-14-7-8-15-32(30)39)49-36(41-38)27-16-18-28(19-17-27)48-22-10-21-43/h4-9,11-19,23-24,35,40,43H,10,20-22,25H2,1-3H3,(H,42,44)/b13-9+/t35-,38-/m0/s1. The Hall–Kier alpha value is -4.84. The first kappa shape index (κ1) is 35.5. The summed E-state index contributed by atoms with van der Waals surface area (Å²) in [6.07, 6.45) is 3.89. The molecule has 0 fully saturated rings. The predicted molar refractivity (Wildman–Crippen MR) is 192 cm³/mol. The van der Waals surface area contributed by atoms with Gasteiger partial charge in [-0.2, -0.15) is 0 Å². The second-order valence-corrected chi connectivity index (χ2v) is 12.0. The SMILES string of the molecule is COc1cc(OC)c(CNNC(=O)[C@@]2(C/C=C/c3ccccc3)N=C(c3ccc(OCCCO)cc3)O[C@H]2c2ccccc2Br)c(OC)c1. The van der Waals surface area contributed by atoms with Crippen LogP contribution in [0, 0.1) is 0 Å². The lowest BCUT2D eigenvalue weighted by atomic mass is 9.84. The van der Waals surface area contributed by atoms with Gasteiger partial charge in [-0.3, -0.25) is 10.2 Å². The van der Waals surface area contributed by atoms with Crippen molar-refractivity contribution < 1.29 is 33.6 Å². The molecule has 1 aliphatic heterocycles. The summed E-state index contributed by atoms with van der Waals surface area (Å²) in [5.41, 5.74) is 7.72. The largest absolute Gasteiger partial charge is 0.496 e. The number of methoxy groups -OCH3 is 3. The maximum Gasteiger partial charge on any atom is 0.266 e.